The van der Waals surface area contributed by atoms with Crippen LogP contribution in [0.3, 0.4) is 0 Å². The van der Waals surface area contributed by atoms with E-state index in [1.165, 1.54) is 12.8 Å². The highest BCUT2D eigenvalue weighted by Crippen LogP contribution is 2.29. The van der Waals surface area contributed by atoms with Gasteiger partial charge in [0.05, 0.1) is 16.2 Å². The normalized spacial score (nSPS) is 16.3. The highest BCUT2D eigenvalue weighted by molar-refractivity contribution is 8.23. The lowest BCUT2D eigenvalue weighted by atomic mass is 10.2. The first kappa shape index (κ1) is 14.5. The summed E-state index contributed by atoms with van der Waals surface area (Å²) in [5.41, 5.74) is 0.644. The minimum Gasteiger partial charge on any atom is -0.358 e. The number of aromatic nitrogens is 2. The lowest BCUT2D eigenvalue weighted by Crippen LogP contribution is -2.24. The van der Waals surface area contributed by atoms with Gasteiger partial charge >= 0.3 is 0 Å². The summed E-state index contributed by atoms with van der Waals surface area (Å²) >= 11 is 7.08. The molecule has 6 heteroatoms. The van der Waals surface area contributed by atoms with Crippen molar-refractivity contribution in [2.75, 3.05) is 13.1 Å². The van der Waals surface area contributed by atoms with E-state index in [-0.39, 0.29) is 10.8 Å². The molecule has 1 aliphatic heterocycles. The Morgan fingerprint density at radius 1 is 1.38 bits per heavy atom. The minimum atomic E-state index is -0.0878. The Kier molecular flexibility index (Phi) is 4.26. The Balaban J connectivity index is 1.82. The molecule has 1 fully saturated rings. The molecule has 3 rings (SSSR count). The zero-order chi connectivity index (χ0) is 14.8. The number of rotatable bonds is 2. The van der Waals surface area contributed by atoms with Gasteiger partial charge in [0.1, 0.15) is 10.1 Å². The summed E-state index contributed by atoms with van der Waals surface area (Å²) in [6.45, 7) is 4.11. The summed E-state index contributed by atoms with van der Waals surface area (Å²) in [5, 5.41) is 0.663. The first-order valence-electron chi connectivity index (χ1n) is 7.09. The molecule has 0 radical (unpaired) electrons. The van der Waals surface area contributed by atoms with E-state index >= 15 is 0 Å². The number of benzene rings is 1. The van der Waals surface area contributed by atoms with Crippen LogP contribution in [0.1, 0.15) is 30.8 Å². The number of thioether (sulfide) groups is 1. The van der Waals surface area contributed by atoms with Gasteiger partial charge in [0.25, 0.3) is 5.56 Å². The maximum absolute atomic E-state index is 12.1. The maximum atomic E-state index is 12.1. The molecule has 2 heterocycles. The molecule has 2 aromatic rings. The number of hydrogen-bond acceptors (Lipinski definition) is 4. The summed E-state index contributed by atoms with van der Waals surface area (Å²) in [4.78, 5) is 21.8. The van der Waals surface area contributed by atoms with Crippen LogP contribution in [0.4, 0.5) is 0 Å². The molecule has 0 aliphatic carbocycles. The van der Waals surface area contributed by atoms with E-state index in [0.29, 0.717) is 11.2 Å². The Morgan fingerprint density at radius 2 is 2.10 bits per heavy atom. The van der Waals surface area contributed by atoms with Gasteiger partial charge < -0.3 is 9.88 Å². The zero-order valence-corrected chi connectivity index (χ0v) is 13.5. The van der Waals surface area contributed by atoms with Crippen molar-refractivity contribution in [1.82, 2.24) is 14.9 Å². The lowest BCUT2D eigenvalue weighted by Gasteiger charge is -2.20. The SMILES string of the molecule is C[C@@H](SC(=S)N1CCCC1)c1nc2ccccc2c(=O)[nH]1. The zero-order valence-electron chi connectivity index (χ0n) is 11.8. The predicted molar refractivity (Wildman–Crippen MR) is 91.8 cm³/mol. The minimum absolute atomic E-state index is 0.0374. The van der Waals surface area contributed by atoms with Gasteiger partial charge in [-0.3, -0.25) is 4.79 Å². The van der Waals surface area contributed by atoms with Gasteiger partial charge in [-0.15, -0.1) is 0 Å². The van der Waals surface area contributed by atoms with E-state index in [0.717, 1.165) is 22.9 Å². The van der Waals surface area contributed by atoms with Crippen LogP contribution < -0.4 is 5.56 Å². The van der Waals surface area contributed by atoms with Gasteiger partial charge in [0, 0.05) is 13.1 Å². The molecule has 21 heavy (non-hydrogen) atoms. The molecule has 0 saturated carbocycles. The average molecular weight is 319 g/mol. The molecule has 0 amide bonds. The van der Waals surface area contributed by atoms with Crippen molar-refractivity contribution in [2.24, 2.45) is 0 Å². The molecular weight excluding hydrogens is 302 g/mol. The topological polar surface area (TPSA) is 49.0 Å². The van der Waals surface area contributed by atoms with Gasteiger partial charge in [-0.1, -0.05) is 36.1 Å². The Labute approximate surface area is 133 Å². The molecule has 110 valence electrons. The van der Waals surface area contributed by atoms with Crippen molar-refractivity contribution in [3.8, 4) is 0 Å². The number of hydrogen-bond donors (Lipinski definition) is 1. The van der Waals surface area contributed by atoms with Gasteiger partial charge in [-0.25, -0.2) is 4.98 Å². The number of nitrogens with zero attached hydrogens (tertiary/aromatic N) is 2. The third-order valence-electron chi connectivity index (χ3n) is 3.66. The van der Waals surface area contributed by atoms with E-state index in [4.69, 9.17) is 12.2 Å². The molecule has 1 aliphatic rings. The predicted octanol–water partition coefficient (Wildman–Crippen LogP) is 3.10. The van der Waals surface area contributed by atoms with Crippen molar-refractivity contribution >= 4 is 39.2 Å². The van der Waals surface area contributed by atoms with E-state index in [1.807, 2.05) is 25.1 Å². The Bertz CT molecular complexity index is 722. The summed E-state index contributed by atoms with van der Waals surface area (Å²) < 4.78 is 0.899. The van der Waals surface area contributed by atoms with E-state index < -0.39 is 0 Å². The number of thiocarbonyl (C=S) groups is 1. The molecule has 1 aromatic carbocycles. The monoisotopic (exact) mass is 319 g/mol. The molecule has 4 nitrogen and oxygen atoms in total. The van der Waals surface area contributed by atoms with E-state index in [1.54, 1.807) is 17.8 Å². The summed E-state index contributed by atoms with van der Waals surface area (Å²) in [7, 11) is 0. The highest BCUT2D eigenvalue weighted by Gasteiger charge is 2.19. The third kappa shape index (κ3) is 3.11. The first-order chi connectivity index (χ1) is 10.1. The fourth-order valence-electron chi connectivity index (χ4n) is 2.48. The third-order valence-corrected chi connectivity index (χ3v) is 5.24. The summed E-state index contributed by atoms with van der Waals surface area (Å²) in [6.07, 6.45) is 2.42. The second-order valence-electron chi connectivity index (χ2n) is 5.19. The molecular formula is C15H17N3OS2. The lowest BCUT2D eigenvalue weighted by molar-refractivity contribution is 0.539. The second kappa shape index (κ2) is 6.15. The highest BCUT2D eigenvalue weighted by atomic mass is 32.2. The number of para-hydroxylation sites is 1. The fourth-order valence-corrected chi connectivity index (χ4v) is 3.95. The fraction of sp³-hybridized carbons (Fsp3) is 0.400. The van der Waals surface area contributed by atoms with Crippen molar-refractivity contribution in [3.05, 3.63) is 40.4 Å². The number of fused-ring (bicyclic) bond motifs is 1. The quantitative estimate of drug-likeness (QED) is 0.862. The van der Waals surface area contributed by atoms with Crippen LogP contribution in [0.15, 0.2) is 29.1 Å². The standard InChI is InChI=1S/C15H17N3OS2/c1-10(21-15(20)18-8-4-5-9-18)13-16-12-7-3-2-6-11(12)14(19)17-13/h2-3,6-7,10H,4-5,8-9H2,1H3,(H,16,17,19)/t10-/m1/s1. The molecule has 0 spiro atoms. The van der Waals surface area contributed by atoms with Crippen LogP contribution >= 0.6 is 24.0 Å². The van der Waals surface area contributed by atoms with Crippen LogP contribution in [-0.2, 0) is 0 Å². The van der Waals surface area contributed by atoms with Gasteiger partial charge in [0.2, 0.25) is 0 Å². The second-order valence-corrected chi connectivity index (χ2v) is 7.16. The largest absolute Gasteiger partial charge is 0.358 e. The smallest absolute Gasteiger partial charge is 0.258 e. The van der Waals surface area contributed by atoms with Crippen LogP contribution in [-0.4, -0.2) is 32.3 Å². The van der Waals surface area contributed by atoms with Gasteiger partial charge in [0.15, 0.2) is 0 Å². The molecule has 1 saturated heterocycles. The molecule has 1 aromatic heterocycles. The van der Waals surface area contributed by atoms with Gasteiger partial charge in [-0.05, 0) is 31.9 Å². The van der Waals surface area contributed by atoms with Crippen molar-refractivity contribution < 1.29 is 0 Å². The number of likely N-dealkylation sites (tertiary alicyclic amines) is 1. The molecule has 0 unspecified atom stereocenters. The van der Waals surface area contributed by atoms with Crippen molar-refractivity contribution in [2.45, 2.75) is 25.0 Å². The summed E-state index contributed by atoms with van der Waals surface area (Å²) in [6, 6.07) is 7.40. The van der Waals surface area contributed by atoms with E-state index in [9.17, 15) is 4.79 Å². The van der Waals surface area contributed by atoms with E-state index in [2.05, 4.69) is 14.9 Å². The first-order valence-corrected chi connectivity index (χ1v) is 8.38. The molecule has 0 bridgehead atoms. The summed E-state index contributed by atoms with van der Waals surface area (Å²) in [5.74, 6) is 0.685. The number of nitrogens with one attached hydrogen (secondary N) is 1. The van der Waals surface area contributed by atoms with Crippen molar-refractivity contribution in [3.63, 3.8) is 0 Å². The van der Waals surface area contributed by atoms with Crippen LogP contribution in [0.2, 0.25) is 0 Å². The number of aromatic amines is 1. The average Bonchev–Trinajstić information content (AvgIpc) is 3.01. The Morgan fingerprint density at radius 3 is 2.86 bits per heavy atom. The van der Waals surface area contributed by atoms with Gasteiger partial charge in [-0.2, -0.15) is 0 Å². The maximum Gasteiger partial charge on any atom is 0.258 e. The molecule has 1 N–H and O–H groups in total. The van der Waals surface area contributed by atoms with Crippen LogP contribution in [0.25, 0.3) is 10.9 Å². The van der Waals surface area contributed by atoms with Crippen LogP contribution in [0, 0.1) is 0 Å². The van der Waals surface area contributed by atoms with Crippen molar-refractivity contribution in [1.29, 1.82) is 0 Å². The molecule has 1 atom stereocenters. The van der Waals surface area contributed by atoms with Crippen LogP contribution in [0.5, 0.6) is 0 Å². The Hall–Kier alpha value is -1.40. The number of H-pyrrole nitrogens is 1.